The Kier molecular flexibility index (Phi) is 13.4. The summed E-state index contributed by atoms with van der Waals surface area (Å²) in [6.07, 6.45) is 6.54. The predicted octanol–water partition coefficient (Wildman–Crippen LogP) is 3.71. The van der Waals surface area contributed by atoms with Gasteiger partial charge in [0.2, 0.25) is 0 Å². The van der Waals surface area contributed by atoms with Gasteiger partial charge in [0.1, 0.15) is 0 Å². The third-order valence-electron chi connectivity index (χ3n) is 3.58. The number of nitrogens with zero attached hydrogens (tertiary/aromatic N) is 1. The van der Waals surface area contributed by atoms with Gasteiger partial charge < -0.3 is 9.88 Å². The summed E-state index contributed by atoms with van der Waals surface area (Å²) in [6, 6.07) is 0. The van der Waals surface area contributed by atoms with Crippen LogP contribution in [0.1, 0.15) is 39.5 Å². The number of piperazine rings is 1. The van der Waals surface area contributed by atoms with Crippen LogP contribution in [0.2, 0.25) is 0 Å². The van der Waals surface area contributed by atoms with Crippen LogP contribution in [0.25, 0.3) is 0 Å². The van der Waals surface area contributed by atoms with Crippen LogP contribution in [0.5, 0.6) is 0 Å². The van der Waals surface area contributed by atoms with Gasteiger partial charge in [-0.3, -0.25) is 4.90 Å². The van der Waals surface area contributed by atoms with E-state index in [0.717, 1.165) is 63.8 Å². The number of unbranched alkanes of at least 4 members (excludes halogenated alkanes) is 2. The van der Waals surface area contributed by atoms with Crippen molar-refractivity contribution in [1.29, 1.82) is 0 Å². The van der Waals surface area contributed by atoms with Gasteiger partial charge in [-0.2, -0.15) is 0 Å². The lowest BCUT2D eigenvalue weighted by molar-refractivity contribution is 0.254. The van der Waals surface area contributed by atoms with Gasteiger partial charge >= 0.3 is 0 Å². The molecule has 122 valence electrons. The minimum atomic E-state index is -1.73. The van der Waals surface area contributed by atoms with Gasteiger partial charge in [0.15, 0.2) is 0 Å². The molecule has 1 aliphatic rings. The van der Waals surface area contributed by atoms with E-state index in [0.29, 0.717) is 0 Å². The Morgan fingerprint density at radius 3 is 2.00 bits per heavy atom. The van der Waals surface area contributed by atoms with Crippen LogP contribution >= 0.6 is 18.7 Å². The van der Waals surface area contributed by atoms with Crippen LogP contribution in [0.4, 0.5) is 0 Å². The Morgan fingerprint density at radius 1 is 1.10 bits per heavy atom. The molecule has 1 fully saturated rings. The highest BCUT2D eigenvalue weighted by Gasteiger charge is 2.12. The van der Waals surface area contributed by atoms with Gasteiger partial charge in [0.25, 0.3) is 0 Å². The largest absolute Gasteiger partial charge is 0.324 e. The lowest BCUT2D eigenvalue weighted by Crippen LogP contribution is -2.44. The van der Waals surface area contributed by atoms with Gasteiger partial charge in [0.05, 0.1) is 7.14 Å². The summed E-state index contributed by atoms with van der Waals surface area (Å²) in [5.74, 6) is 0.764. The zero-order chi connectivity index (χ0) is 15.3. The van der Waals surface area contributed by atoms with E-state index in [1.54, 1.807) is 0 Å². The minimum absolute atomic E-state index is 0.764. The van der Waals surface area contributed by atoms with Crippen LogP contribution in [0, 0.1) is 0 Å². The average Bonchev–Trinajstić information content (AvgIpc) is 2.45. The first-order valence-corrected chi connectivity index (χ1v) is 11.2. The lowest BCUT2D eigenvalue weighted by Gasteiger charge is -2.25. The van der Waals surface area contributed by atoms with Crippen molar-refractivity contribution in [2.75, 3.05) is 57.6 Å². The molecule has 20 heavy (non-hydrogen) atoms. The smallest absolute Gasteiger partial charge is 0.0848 e. The molecule has 3 nitrogen and oxygen atoms in total. The SMILES string of the molecule is CCCCP(C)(=O)CCCC.ClCCN1CCNCC1. The predicted molar refractivity (Wildman–Crippen MR) is 93.1 cm³/mol. The lowest BCUT2D eigenvalue weighted by atomic mass is 10.4. The summed E-state index contributed by atoms with van der Waals surface area (Å²) in [7, 11) is -1.73. The maximum absolute atomic E-state index is 11.7. The zero-order valence-electron chi connectivity index (χ0n) is 13.7. The Morgan fingerprint density at radius 2 is 1.60 bits per heavy atom. The Labute approximate surface area is 131 Å². The molecule has 0 aromatic rings. The summed E-state index contributed by atoms with van der Waals surface area (Å²) in [5.41, 5.74) is 0. The number of halogens is 1. The number of nitrogens with one attached hydrogen (secondary N) is 1. The van der Waals surface area contributed by atoms with Crippen molar-refractivity contribution in [3.8, 4) is 0 Å². The molecule has 0 bridgehead atoms. The highest BCUT2D eigenvalue weighted by Crippen LogP contribution is 2.42. The molecule has 0 radical (unpaired) electrons. The molecular formula is C15H34ClN2OP. The zero-order valence-corrected chi connectivity index (χ0v) is 15.3. The van der Waals surface area contributed by atoms with Crippen molar-refractivity contribution in [3.05, 3.63) is 0 Å². The van der Waals surface area contributed by atoms with Crippen molar-refractivity contribution in [2.45, 2.75) is 39.5 Å². The average molecular weight is 325 g/mol. The van der Waals surface area contributed by atoms with Gasteiger partial charge in [-0.15, -0.1) is 11.6 Å². The molecule has 0 aromatic heterocycles. The fourth-order valence-corrected chi connectivity index (χ4v) is 4.58. The van der Waals surface area contributed by atoms with Crippen LogP contribution in [-0.2, 0) is 4.57 Å². The fraction of sp³-hybridized carbons (Fsp3) is 1.00. The summed E-state index contributed by atoms with van der Waals surface area (Å²) < 4.78 is 11.7. The van der Waals surface area contributed by atoms with Gasteiger partial charge in [-0.1, -0.05) is 26.7 Å². The Hall–Kier alpha value is 0.440. The summed E-state index contributed by atoms with van der Waals surface area (Å²) >= 11 is 5.57. The van der Waals surface area contributed by atoms with Crippen molar-refractivity contribution >= 4 is 18.7 Å². The fourth-order valence-electron chi connectivity index (χ4n) is 2.15. The first-order chi connectivity index (χ1) is 9.55. The number of hydrogen-bond donors (Lipinski definition) is 1. The van der Waals surface area contributed by atoms with Gasteiger partial charge in [0, 0.05) is 50.9 Å². The van der Waals surface area contributed by atoms with E-state index in [4.69, 9.17) is 11.6 Å². The van der Waals surface area contributed by atoms with Crippen molar-refractivity contribution in [1.82, 2.24) is 10.2 Å². The van der Waals surface area contributed by atoms with Gasteiger partial charge in [-0.25, -0.2) is 0 Å². The Balaban J connectivity index is 0.000000367. The number of rotatable bonds is 8. The number of hydrogen-bond acceptors (Lipinski definition) is 3. The van der Waals surface area contributed by atoms with E-state index in [1.165, 1.54) is 12.8 Å². The Bertz CT molecular complexity index is 244. The molecule has 1 rings (SSSR count). The molecule has 1 N–H and O–H groups in total. The van der Waals surface area contributed by atoms with Crippen LogP contribution in [-0.4, -0.2) is 62.5 Å². The normalized spacial score (nSPS) is 16.6. The molecule has 0 unspecified atom stereocenters. The second kappa shape index (κ2) is 13.1. The first-order valence-electron chi connectivity index (χ1n) is 8.10. The number of alkyl halides is 1. The van der Waals surface area contributed by atoms with E-state index in [9.17, 15) is 4.57 Å². The quantitative estimate of drug-likeness (QED) is 0.545. The molecule has 0 aromatic carbocycles. The van der Waals surface area contributed by atoms with E-state index in [2.05, 4.69) is 24.1 Å². The second-order valence-corrected chi connectivity index (χ2v) is 9.60. The monoisotopic (exact) mass is 324 g/mol. The van der Waals surface area contributed by atoms with Crippen LogP contribution in [0.3, 0.4) is 0 Å². The maximum Gasteiger partial charge on any atom is 0.0848 e. The molecule has 1 heterocycles. The standard InChI is InChI=1S/C9H21OP.C6H13ClN2/c1-4-6-8-11(3,10)9-7-5-2;7-1-4-9-5-2-8-3-6-9/h4-9H2,1-3H3;8H,1-6H2. The van der Waals surface area contributed by atoms with E-state index < -0.39 is 7.14 Å². The molecule has 1 saturated heterocycles. The van der Waals surface area contributed by atoms with Crippen molar-refractivity contribution in [2.24, 2.45) is 0 Å². The molecular weight excluding hydrogens is 291 g/mol. The molecule has 5 heteroatoms. The molecule has 0 spiro atoms. The molecule has 1 aliphatic heterocycles. The van der Waals surface area contributed by atoms with Crippen molar-refractivity contribution in [3.63, 3.8) is 0 Å². The highest BCUT2D eigenvalue weighted by atomic mass is 35.5. The third-order valence-corrected chi connectivity index (χ3v) is 6.27. The summed E-state index contributed by atoms with van der Waals surface area (Å²) in [4.78, 5) is 2.38. The van der Waals surface area contributed by atoms with E-state index in [-0.39, 0.29) is 0 Å². The molecule has 0 atom stereocenters. The van der Waals surface area contributed by atoms with Crippen LogP contribution in [0.15, 0.2) is 0 Å². The first kappa shape index (κ1) is 20.4. The third kappa shape index (κ3) is 12.2. The maximum atomic E-state index is 11.7. The molecule has 0 aliphatic carbocycles. The van der Waals surface area contributed by atoms with Gasteiger partial charge in [-0.05, 0) is 19.5 Å². The topological polar surface area (TPSA) is 32.3 Å². The van der Waals surface area contributed by atoms with E-state index in [1.807, 2.05) is 6.66 Å². The summed E-state index contributed by atoms with van der Waals surface area (Å²) in [6.45, 7) is 11.9. The minimum Gasteiger partial charge on any atom is -0.324 e. The van der Waals surface area contributed by atoms with Crippen molar-refractivity contribution < 1.29 is 4.57 Å². The van der Waals surface area contributed by atoms with Crippen LogP contribution < -0.4 is 5.32 Å². The molecule has 0 saturated carbocycles. The molecule has 0 amide bonds. The van der Waals surface area contributed by atoms with E-state index >= 15 is 0 Å². The highest BCUT2D eigenvalue weighted by molar-refractivity contribution is 7.63. The second-order valence-electron chi connectivity index (χ2n) is 5.73. The summed E-state index contributed by atoms with van der Waals surface area (Å²) in [5, 5.41) is 3.29.